The van der Waals surface area contributed by atoms with E-state index in [0.717, 1.165) is 22.4 Å². The number of benzene rings is 2. The summed E-state index contributed by atoms with van der Waals surface area (Å²) in [6, 6.07) is 10.6. The molecule has 7 nitrogen and oxygen atoms in total. The smallest absolute Gasteiger partial charge is 0.243 e. The number of carbonyl (C=O) groups is 2. The van der Waals surface area contributed by atoms with Gasteiger partial charge in [-0.05, 0) is 80.5 Å². The van der Waals surface area contributed by atoms with Gasteiger partial charge in [-0.3, -0.25) is 9.59 Å². The molecule has 32 heavy (non-hydrogen) atoms. The second-order valence-corrected chi connectivity index (χ2v) is 10.6. The first-order chi connectivity index (χ1) is 15.3. The Hall–Kier alpha value is -2.71. The van der Waals surface area contributed by atoms with Crippen LogP contribution in [0.3, 0.4) is 0 Å². The van der Waals surface area contributed by atoms with E-state index in [-0.39, 0.29) is 23.3 Å². The number of hydrogen-bond acceptors (Lipinski definition) is 4. The van der Waals surface area contributed by atoms with Gasteiger partial charge in [0.15, 0.2) is 0 Å². The fraction of sp³-hybridized carbons (Fsp3) is 0.417. The summed E-state index contributed by atoms with van der Waals surface area (Å²) in [5, 5.41) is 5.82. The van der Waals surface area contributed by atoms with Crippen LogP contribution in [-0.4, -0.2) is 37.6 Å². The highest BCUT2D eigenvalue weighted by Gasteiger charge is 2.34. The summed E-state index contributed by atoms with van der Waals surface area (Å²) in [7, 11) is -3.73. The van der Waals surface area contributed by atoms with Crippen LogP contribution in [0.4, 0.5) is 11.4 Å². The molecule has 1 fully saturated rings. The van der Waals surface area contributed by atoms with Gasteiger partial charge in [0, 0.05) is 30.9 Å². The molecule has 0 unspecified atom stereocenters. The topological polar surface area (TPSA) is 95.6 Å². The summed E-state index contributed by atoms with van der Waals surface area (Å²) in [5.74, 6) is -0.602. The Morgan fingerprint density at radius 1 is 1.12 bits per heavy atom. The molecule has 0 spiro atoms. The Balaban J connectivity index is 1.51. The number of hydrogen-bond donors (Lipinski definition) is 2. The molecule has 0 bridgehead atoms. The number of sulfonamides is 1. The monoisotopic (exact) mass is 455 g/mol. The van der Waals surface area contributed by atoms with Crippen molar-refractivity contribution in [3.05, 3.63) is 53.1 Å². The number of nitrogens with one attached hydrogen (secondary N) is 2. The number of piperidine rings is 1. The molecule has 2 heterocycles. The molecular formula is C24H29N3O4S. The molecule has 0 radical (unpaired) electrons. The van der Waals surface area contributed by atoms with Crippen molar-refractivity contribution in [1.82, 2.24) is 4.31 Å². The zero-order chi connectivity index (χ0) is 22.9. The van der Waals surface area contributed by atoms with E-state index >= 15 is 0 Å². The van der Waals surface area contributed by atoms with Crippen LogP contribution in [0.2, 0.25) is 0 Å². The molecule has 2 amide bonds. The maximum Gasteiger partial charge on any atom is 0.243 e. The maximum atomic E-state index is 13.4. The first-order valence-electron chi connectivity index (χ1n) is 11.1. The minimum absolute atomic E-state index is 0.0481. The lowest BCUT2D eigenvalue weighted by Crippen LogP contribution is -2.43. The first-order valence-corrected chi connectivity index (χ1v) is 12.5. The molecule has 4 rings (SSSR count). The lowest BCUT2D eigenvalue weighted by Gasteiger charge is -2.31. The Morgan fingerprint density at radius 3 is 2.75 bits per heavy atom. The average molecular weight is 456 g/mol. The Labute approximate surface area is 189 Å². The van der Waals surface area contributed by atoms with E-state index in [1.807, 2.05) is 32.0 Å². The number of aryl methyl sites for hydroxylation is 2. The van der Waals surface area contributed by atoms with Crippen LogP contribution < -0.4 is 10.6 Å². The van der Waals surface area contributed by atoms with Crippen LogP contribution >= 0.6 is 0 Å². The van der Waals surface area contributed by atoms with Crippen molar-refractivity contribution in [2.24, 2.45) is 5.92 Å². The van der Waals surface area contributed by atoms with Crippen molar-refractivity contribution in [1.29, 1.82) is 0 Å². The molecule has 8 heteroatoms. The molecular weight excluding hydrogens is 426 g/mol. The van der Waals surface area contributed by atoms with E-state index < -0.39 is 15.9 Å². The highest BCUT2D eigenvalue weighted by Crippen LogP contribution is 2.29. The summed E-state index contributed by atoms with van der Waals surface area (Å²) in [5.41, 5.74) is 4.38. The summed E-state index contributed by atoms with van der Waals surface area (Å²) >= 11 is 0. The van der Waals surface area contributed by atoms with Crippen molar-refractivity contribution in [3.8, 4) is 0 Å². The minimum atomic E-state index is -3.73. The molecule has 0 aliphatic carbocycles. The normalized spacial score (nSPS) is 19.6. The highest BCUT2D eigenvalue weighted by atomic mass is 32.2. The van der Waals surface area contributed by atoms with E-state index in [2.05, 4.69) is 10.6 Å². The van der Waals surface area contributed by atoms with Gasteiger partial charge < -0.3 is 10.6 Å². The van der Waals surface area contributed by atoms with Crippen LogP contribution in [0.25, 0.3) is 0 Å². The summed E-state index contributed by atoms with van der Waals surface area (Å²) in [4.78, 5) is 24.9. The van der Waals surface area contributed by atoms with Crippen molar-refractivity contribution in [2.45, 2.75) is 50.8 Å². The standard InChI is InChI=1S/C24H29N3O4S/c1-16-6-3-9-21(17(16)2)26-24(29)19-8-5-13-27(15-19)32(30,31)20-11-12-22-18(14-20)7-4-10-23(28)25-22/h3,6,9,11-12,14,19H,4-5,7-8,10,13,15H2,1-2H3,(H,25,28)(H,26,29)/t19-/m1/s1. The van der Waals surface area contributed by atoms with Gasteiger partial charge >= 0.3 is 0 Å². The number of anilines is 2. The van der Waals surface area contributed by atoms with E-state index in [1.165, 1.54) is 4.31 Å². The van der Waals surface area contributed by atoms with Crippen LogP contribution in [0.1, 0.15) is 42.4 Å². The summed E-state index contributed by atoms with van der Waals surface area (Å²) < 4.78 is 28.1. The fourth-order valence-electron chi connectivity index (χ4n) is 4.36. The predicted molar refractivity (Wildman–Crippen MR) is 124 cm³/mol. The summed E-state index contributed by atoms with van der Waals surface area (Å²) in [6.45, 7) is 4.51. The molecule has 2 aromatic carbocycles. The number of amides is 2. The quantitative estimate of drug-likeness (QED) is 0.736. The van der Waals surface area contributed by atoms with Gasteiger partial charge in [-0.2, -0.15) is 4.31 Å². The molecule has 0 saturated carbocycles. The van der Waals surface area contributed by atoms with E-state index in [9.17, 15) is 18.0 Å². The van der Waals surface area contributed by atoms with Crippen LogP contribution in [-0.2, 0) is 26.0 Å². The first kappa shape index (κ1) is 22.5. The maximum absolute atomic E-state index is 13.4. The van der Waals surface area contributed by atoms with E-state index in [4.69, 9.17) is 0 Å². The average Bonchev–Trinajstić information content (AvgIpc) is 2.96. The molecule has 2 aliphatic heterocycles. The van der Waals surface area contributed by atoms with E-state index in [1.54, 1.807) is 18.2 Å². The molecule has 2 aliphatic rings. The third-order valence-corrected chi connectivity index (χ3v) is 8.32. The second-order valence-electron chi connectivity index (χ2n) is 8.66. The van der Waals surface area contributed by atoms with Crippen molar-refractivity contribution in [2.75, 3.05) is 23.7 Å². The van der Waals surface area contributed by atoms with Crippen LogP contribution in [0, 0.1) is 19.8 Å². The number of fused-ring (bicyclic) bond motifs is 1. The van der Waals surface area contributed by atoms with E-state index in [0.29, 0.717) is 44.3 Å². The Kier molecular flexibility index (Phi) is 6.35. The van der Waals surface area contributed by atoms with Gasteiger partial charge in [0.1, 0.15) is 0 Å². The highest BCUT2D eigenvalue weighted by molar-refractivity contribution is 7.89. The van der Waals surface area contributed by atoms with Gasteiger partial charge in [-0.1, -0.05) is 12.1 Å². The molecule has 2 N–H and O–H groups in total. The largest absolute Gasteiger partial charge is 0.326 e. The second kappa shape index (κ2) is 9.03. The Bertz CT molecular complexity index is 1160. The molecule has 2 aromatic rings. The fourth-order valence-corrected chi connectivity index (χ4v) is 5.93. The Morgan fingerprint density at radius 2 is 1.94 bits per heavy atom. The zero-order valence-corrected chi connectivity index (χ0v) is 19.3. The number of nitrogens with zero attached hydrogens (tertiary/aromatic N) is 1. The summed E-state index contributed by atoms with van der Waals surface area (Å²) in [6.07, 6.45) is 3.05. The van der Waals surface area contributed by atoms with Crippen molar-refractivity contribution >= 4 is 33.2 Å². The lowest BCUT2D eigenvalue weighted by molar-refractivity contribution is -0.121. The van der Waals surface area contributed by atoms with Crippen molar-refractivity contribution in [3.63, 3.8) is 0 Å². The number of rotatable bonds is 4. The molecule has 170 valence electrons. The minimum Gasteiger partial charge on any atom is -0.326 e. The van der Waals surface area contributed by atoms with Crippen molar-refractivity contribution < 1.29 is 18.0 Å². The SMILES string of the molecule is Cc1cccc(NC(=O)[C@@H]2CCCN(S(=O)(=O)c3ccc4c(c3)CCCC(=O)N4)C2)c1C. The third kappa shape index (κ3) is 4.56. The van der Waals surface area contributed by atoms with Gasteiger partial charge in [0.2, 0.25) is 21.8 Å². The van der Waals surface area contributed by atoms with Crippen LogP contribution in [0.5, 0.6) is 0 Å². The van der Waals surface area contributed by atoms with Gasteiger partial charge in [0.05, 0.1) is 10.8 Å². The van der Waals surface area contributed by atoms with Gasteiger partial charge in [0.25, 0.3) is 0 Å². The molecule has 1 saturated heterocycles. The van der Waals surface area contributed by atoms with Gasteiger partial charge in [-0.25, -0.2) is 8.42 Å². The van der Waals surface area contributed by atoms with Crippen LogP contribution in [0.15, 0.2) is 41.3 Å². The predicted octanol–water partition coefficient (Wildman–Crippen LogP) is 3.62. The molecule has 0 aromatic heterocycles. The molecule has 1 atom stereocenters. The third-order valence-electron chi connectivity index (χ3n) is 6.46. The van der Waals surface area contributed by atoms with Gasteiger partial charge in [-0.15, -0.1) is 0 Å². The lowest BCUT2D eigenvalue weighted by atomic mass is 9.98. The number of carbonyl (C=O) groups excluding carboxylic acids is 2. The zero-order valence-electron chi connectivity index (χ0n) is 18.5.